The zero-order chi connectivity index (χ0) is 13.2. The number of benzene rings is 1. The zero-order valence-corrected chi connectivity index (χ0v) is 12.6. The summed E-state index contributed by atoms with van der Waals surface area (Å²) in [4.78, 5) is 5.69. The molecule has 0 aliphatic rings. The highest BCUT2D eigenvalue weighted by atomic mass is 35.5. The Labute approximate surface area is 127 Å². The quantitative estimate of drug-likeness (QED) is 0.756. The van der Waals surface area contributed by atoms with Gasteiger partial charge in [0.25, 0.3) is 0 Å². The minimum absolute atomic E-state index is 0. The van der Waals surface area contributed by atoms with Crippen molar-refractivity contribution < 1.29 is 0 Å². The largest absolute Gasteiger partial charge is 0.325 e. The maximum atomic E-state index is 5.71. The van der Waals surface area contributed by atoms with Gasteiger partial charge in [-0.1, -0.05) is 12.1 Å². The monoisotopic (exact) mass is 306 g/mol. The molecule has 20 heavy (non-hydrogen) atoms. The molecule has 0 saturated carbocycles. The van der Waals surface area contributed by atoms with Gasteiger partial charge in [0.05, 0.1) is 17.6 Å². The van der Waals surface area contributed by atoms with Gasteiger partial charge in [-0.25, -0.2) is 9.50 Å². The second-order valence-corrected chi connectivity index (χ2v) is 5.05. The number of thioether (sulfide) groups is 1. The number of halogens is 1. The number of aromatic nitrogens is 3. The van der Waals surface area contributed by atoms with Crippen molar-refractivity contribution in [3.8, 4) is 11.3 Å². The van der Waals surface area contributed by atoms with Gasteiger partial charge in [-0.15, -0.1) is 24.2 Å². The van der Waals surface area contributed by atoms with Crippen LogP contribution in [0.4, 0.5) is 0 Å². The molecule has 0 saturated heterocycles. The Morgan fingerprint density at radius 1 is 1.20 bits per heavy atom. The number of nitrogens with zero attached hydrogens (tertiary/aromatic N) is 3. The van der Waals surface area contributed by atoms with E-state index >= 15 is 0 Å². The summed E-state index contributed by atoms with van der Waals surface area (Å²) in [7, 11) is 0. The van der Waals surface area contributed by atoms with E-state index in [9.17, 15) is 0 Å². The zero-order valence-electron chi connectivity index (χ0n) is 11.0. The van der Waals surface area contributed by atoms with Gasteiger partial charge >= 0.3 is 0 Å². The van der Waals surface area contributed by atoms with Gasteiger partial charge in [0.1, 0.15) is 0 Å². The topological polar surface area (TPSA) is 56.2 Å². The van der Waals surface area contributed by atoms with E-state index < -0.39 is 0 Å². The van der Waals surface area contributed by atoms with Crippen LogP contribution in [0.2, 0.25) is 0 Å². The van der Waals surface area contributed by atoms with Crippen LogP contribution < -0.4 is 5.73 Å². The first-order valence-electron chi connectivity index (χ1n) is 6.00. The van der Waals surface area contributed by atoms with Crippen LogP contribution in [0.5, 0.6) is 0 Å². The molecular weight excluding hydrogens is 292 g/mol. The van der Waals surface area contributed by atoms with Gasteiger partial charge in [-0.2, -0.15) is 5.10 Å². The second-order valence-electron chi connectivity index (χ2n) is 4.17. The molecule has 3 aromatic rings. The van der Waals surface area contributed by atoms with E-state index in [-0.39, 0.29) is 12.4 Å². The van der Waals surface area contributed by atoms with E-state index in [0.29, 0.717) is 6.54 Å². The van der Waals surface area contributed by atoms with Crippen molar-refractivity contribution >= 4 is 29.8 Å². The lowest BCUT2D eigenvalue weighted by Gasteiger charge is -2.08. The van der Waals surface area contributed by atoms with E-state index in [1.807, 2.05) is 16.6 Å². The van der Waals surface area contributed by atoms with Crippen LogP contribution in [0, 0.1) is 0 Å². The number of fused-ring (bicyclic) bond motifs is 1. The fraction of sp³-hybridized carbons (Fsp3) is 0.143. The van der Waals surface area contributed by atoms with Crippen LogP contribution >= 0.6 is 24.2 Å². The summed E-state index contributed by atoms with van der Waals surface area (Å²) < 4.78 is 1.84. The average molecular weight is 307 g/mol. The number of hydrogen-bond acceptors (Lipinski definition) is 4. The van der Waals surface area contributed by atoms with Crippen molar-refractivity contribution in [3.63, 3.8) is 0 Å². The summed E-state index contributed by atoms with van der Waals surface area (Å²) in [6.45, 7) is 0.428. The summed E-state index contributed by atoms with van der Waals surface area (Å²) in [5.41, 5.74) is 9.54. The van der Waals surface area contributed by atoms with Crippen LogP contribution in [0.1, 0.15) is 5.69 Å². The highest BCUT2D eigenvalue weighted by molar-refractivity contribution is 7.98. The molecule has 104 valence electrons. The molecule has 0 spiro atoms. The molecule has 0 bridgehead atoms. The number of nitrogens with two attached hydrogens (primary N) is 1. The molecule has 0 aliphatic carbocycles. The van der Waals surface area contributed by atoms with Crippen LogP contribution in [0.3, 0.4) is 0 Å². The van der Waals surface area contributed by atoms with Crippen LogP contribution in [-0.4, -0.2) is 20.9 Å². The van der Waals surface area contributed by atoms with Crippen molar-refractivity contribution in [2.45, 2.75) is 11.4 Å². The van der Waals surface area contributed by atoms with Gasteiger partial charge in [-0.05, 0) is 24.5 Å². The van der Waals surface area contributed by atoms with Crippen LogP contribution in [0.25, 0.3) is 16.9 Å². The maximum absolute atomic E-state index is 5.71. The maximum Gasteiger partial charge on any atom is 0.155 e. The summed E-state index contributed by atoms with van der Waals surface area (Å²) in [6.07, 6.45) is 3.82. The lowest BCUT2D eigenvalue weighted by atomic mass is 10.1. The van der Waals surface area contributed by atoms with Crippen molar-refractivity contribution in [1.82, 2.24) is 14.6 Å². The SMILES string of the molecule is CSc1ccc(-c2cc(CN)nc3ccnn23)cc1.Cl. The number of hydrogen-bond donors (Lipinski definition) is 1. The summed E-state index contributed by atoms with van der Waals surface area (Å²) in [5, 5.41) is 4.32. The van der Waals surface area contributed by atoms with Crippen molar-refractivity contribution in [3.05, 3.63) is 48.3 Å². The van der Waals surface area contributed by atoms with E-state index in [2.05, 4.69) is 40.6 Å². The van der Waals surface area contributed by atoms with Crippen molar-refractivity contribution in [2.24, 2.45) is 5.73 Å². The van der Waals surface area contributed by atoms with Crippen molar-refractivity contribution in [2.75, 3.05) is 6.26 Å². The van der Waals surface area contributed by atoms with E-state index in [0.717, 1.165) is 22.6 Å². The minimum atomic E-state index is 0. The molecule has 0 fully saturated rings. The molecular formula is C14H15ClN4S. The Hall–Kier alpha value is -1.56. The molecule has 6 heteroatoms. The summed E-state index contributed by atoms with van der Waals surface area (Å²) >= 11 is 1.73. The Kier molecular flexibility index (Phi) is 4.65. The molecule has 0 radical (unpaired) electrons. The van der Waals surface area contributed by atoms with Crippen molar-refractivity contribution in [1.29, 1.82) is 0 Å². The molecule has 0 aliphatic heterocycles. The molecule has 1 aromatic carbocycles. The summed E-state index contributed by atoms with van der Waals surface area (Å²) in [5.74, 6) is 0. The molecule has 3 rings (SSSR count). The van der Waals surface area contributed by atoms with E-state index in [4.69, 9.17) is 5.73 Å². The first-order valence-corrected chi connectivity index (χ1v) is 7.22. The predicted molar refractivity (Wildman–Crippen MR) is 85.3 cm³/mol. The second kappa shape index (κ2) is 6.26. The lowest BCUT2D eigenvalue weighted by molar-refractivity contribution is 0.910. The molecule has 0 atom stereocenters. The van der Waals surface area contributed by atoms with Gasteiger partial charge in [0.15, 0.2) is 5.65 Å². The Morgan fingerprint density at radius 3 is 2.60 bits per heavy atom. The first kappa shape index (κ1) is 14.8. The Balaban J connectivity index is 0.00000147. The highest BCUT2D eigenvalue weighted by Gasteiger charge is 2.07. The Bertz CT molecular complexity index is 709. The van der Waals surface area contributed by atoms with Gasteiger partial charge in [-0.3, -0.25) is 0 Å². The molecule has 2 aromatic heterocycles. The third kappa shape index (κ3) is 2.65. The fourth-order valence-electron chi connectivity index (χ4n) is 2.04. The van der Waals surface area contributed by atoms with Crippen LogP contribution in [-0.2, 0) is 6.54 Å². The minimum Gasteiger partial charge on any atom is -0.325 e. The van der Waals surface area contributed by atoms with Gasteiger partial charge in [0.2, 0.25) is 0 Å². The third-order valence-electron chi connectivity index (χ3n) is 3.01. The molecule has 2 heterocycles. The van der Waals surface area contributed by atoms with E-state index in [1.54, 1.807) is 18.0 Å². The molecule has 4 nitrogen and oxygen atoms in total. The highest BCUT2D eigenvalue weighted by Crippen LogP contribution is 2.24. The van der Waals surface area contributed by atoms with Crippen LogP contribution in [0.15, 0.2) is 47.5 Å². The molecule has 2 N–H and O–H groups in total. The molecule has 0 unspecified atom stereocenters. The normalized spacial score (nSPS) is 10.5. The summed E-state index contributed by atoms with van der Waals surface area (Å²) in [6, 6.07) is 12.3. The standard InChI is InChI=1S/C14H14N4S.ClH/c1-19-12-4-2-10(3-5-12)13-8-11(9-15)17-14-6-7-16-18(13)14;/h2-8H,9,15H2,1H3;1H. The lowest BCUT2D eigenvalue weighted by Crippen LogP contribution is -2.04. The fourth-order valence-corrected chi connectivity index (χ4v) is 2.45. The molecule has 0 amide bonds. The first-order chi connectivity index (χ1) is 9.31. The Morgan fingerprint density at radius 2 is 1.95 bits per heavy atom. The van der Waals surface area contributed by atoms with Gasteiger partial charge in [0, 0.05) is 23.1 Å². The predicted octanol–water partition coefficient (Wildman–Crippen LogP) is 3.00. The average Bonchev–Trinajstić information content (AvgIpc) is 2.94. The third-order valence-corrected chi connectivity index (χ3v) is 3.75. The smallest absolute Gasteiger partial charge is 0.155 e. The van der Waals surface area contributed by atoms with Gasteiger partial charge < -0.3 is 5.73 Å². The number of rotatable bonds is 3. The van der Waals surface area contributed by atoms with E-state index in [1.165, 1.54) is 4.90 Å².